The Kier molecular flexibility index (Phi) is 4.85. The van der Waals surface area contributed by atoms with Crippen LogP contribution < -0.4 is 0 Å². The van der Waals surface area contributed by atoms with E-state index in [2.05, 4.69) is 0 Å². The van der Waals surface area contributed by atoms with Crippen molar-refractivity contribution in [2.45, 2.75) is 26.4 Å². The third-order valence-electron chi connectivity index (χ3n) is 1.50. The lowest BCUT2D eigenvalue weighted by molar-refractivity contribution is -0.170. The normalized spacial score (nSPS) is 15.6. The van der Waals surface area contributed by atoms with Gasteiger partial charge in [-0.05, 0) is 20.8 Å². The summed E-state index contributed by atoms with van der Waals surface area (Å²) >= 11 is 0. The molecule has 12 heavy (non-hydrogen) atoms. The van der Waals surface area contributed by atoms with E-state index in [1.54, 1.807) is 6.92 Å². The Morgan fingerprint density at radius 3 is 2.33 bits per heavy atom. The maximum atomic E-state index is 10.7. The zero-order chi connectivity index (χ0) is 9.61. The predicted molar refractivity (Wildman–Crippen MR) is 44.2 cm³/mol. The first kappa shape index (κ1) is 11.4. The Labute approximate surface area is 72.5 Å². The van der Waals surface area contributed by atoms with E-state index in [9.17, 15) is 4.79 Å². The zero-order valence-corrected chi connectivity index (χ0v) is 7.79. The molecular weight excluding hydrogens is 160 g/mol. The molecule has 0 spiro atoms. The number of ether oxygens (including phenoxy) is 2. The van der Waals surface area contributed by atoms with E-state index < -0.39 is 11.6 Å². The first-order chi connectivity index (χ1) is 5.56. The van der Waals surface area contributed by atoms with Crippen molar-refractivity contribution in [3.63, 3.8) is 0 Å². The van der Waals surface area contributed by atoms with Gasteiger partial charge in [0, 0.05) is 13.2 Å². The number of carboxylic acid groups (broad SMARTS) is 1. The largest absolute Gasteiger partial charge is 0.479 e. The van der Waals surface area contributed by atoms with Crippen molar-refractivity contribution >= 4 is 5.97 Å². The molecule has 1 atom stereocenters. The van der Waals surface area contributed by atoms with E-state index in [1.165, 1.54) is 6.92 Å². The van der Waals surface area contributed by atoms with Crippen LogP contribution in [0.25, 0.3) is 0 Å². The number of aliphatic carboxylic acids is 1. The highest BCUT2D eigenvalue weighted by Crippen LogP contribution is 2.10. The van der Waals surface area contributed by atoms with Crippen LogP contribution in [0.1, 0.15) is 20.8 Å². The lowest BCUT2D eigenvalue weighted by Gasteiger charge is -2.23. The van der Waals surface area contributed by atoms with Gasteiger partial charge in [-0.1, -0.05) is 0 Å². The second-order valence-electron chi connectivity index (χ2n) is 2.61. The van der Waals surface area contributed by atoms with Gasteiger partial charge in [0.1, 0.15) is 0 Å². The van der Waals surface area contributed by atoms with E-state index in [-0.39, 0.29) is 6.61 Å². The molecule has 0 aliphatic carbocycles. The highest BCUT2D eigenvalue weighted by Gasteiger charge is 2.33. The molecule has 0 aromatic rings. The fourth-order valence-corrected chi connectivity index (χ4v) is 0.781. The summed E-state index contributed by atoms with van der Waals surface area (Å²) in [6.07, 6.45) is 0. The van der Waals surface area contributed by atoms with Gasteiger partial charge in [0.25, 0.3) is 0 Å². The van der Waals surface area contributed by atoms with E-state index in [0.717, 1.165) is 0 Å². The van der Waals surface area contributed by atoms with Gasteiger partial charge in [-0.2, -0.15) is 0 Å². The van der Waals surface area contributed by atoms with Crippen LogP contribution in [0.5, 0.6) is 0 Å². The average Bonchev–Trinajstić information content (AvgIpc) is 2.01. The molecule has 0 radical (unpaired) electrons. The second kappa shape index (κ2) is 5.11. The molecular formula is C8H16O4. The van der Waals surface area contributed by atoms with Gasteiger partial charge in [0.2, 0.25) is 0 Å². The minimum Gasteiger partial charge on any atom is -0.479 e. The predicted octanol–water partition coefficient (Wildman–Crippen LogP) is 0.903. The molecule has 1 unspecified atom stereocenters. The van der Waals surface area contributed by atoms with Gasteiger partial charge in [-0.15, -0.1) is 0 Å². The molecule has 0 saturated heterocycles. The summed E-state index contributed by atoms with van der Waals surface area (Å²) in [6, 6.07) is 0. The van der Waals surface area contributed by atoms with Gasteiger partial charge in [-0.25, -0.2) is 4.79 Å². The summed E-state index contributed by atoms with van der Waals surface area (Å²) in [5.41, 5.74) is -1.20. The van der Waals surface area contributed by atoms with Crippen LogP contribution >= 0.6 is 0 Å². The number of hydrogen-bond acceptors (Lipinski definition) is 3. The lowest BCUT2D eigenvalue weighted by atomic mass is 10.1. The molecule has 0 rings (SSSR count). The highest BCUT2D eigenvalue weighted by molar-refractivity contribution is 5.77. The van der Waals surface area contributed by atoms with Crippen LogP contribution in [0, 0.1) is 0 Å². The third-order valence-corrected chi connectivity index (χ3v) is 1.50. The van der Waals surface area contributed by atoms with Crippen molar-refractivity contribution < 1.29 is 19.4 Å². The highest BCUT2D eigenvalue weighted by atomic mass is 16.6. The van der Waals surface area contributed by atoms with Crippen LogP contribution in [0.3, 0.4) is 0 Å². The molecule has 0 amide bonds. The number of hydrogen-bond donors (Lipinski definition) is 1. The average molecular weight is 176 g/mol. The summed E-state index contributed by atoms with van der Waals surface area (Å²) in [7, 11) is 0. The molecule has 4 heteroatoms. The molecule has 0 aromatic heterocycles. The van der Waals surface area contributed by atoms with Crippen LogP contribution in [-0.2, 0) is 14.3 Å². The number of carbonyl (C=O) groups is 1. The quantitative estimate of drug-likeness (QED) is 0.653. The third kappa shape index (κ3) is 3.19. The lowest BCUT2D eigenvalue weighted by Crippen LogP contribution is -2.43. The number of rotatable bonds is 6. The minimum atomic E-state index is -1.20. The van der Waals surface area contributed by atoms with Crippen molar-refractivity contribution in [1.82, 2.24) is 0 Å². The van der Waals surface area contributed by atoms with Gasteiger partial charge in [-0.3, -0.25) is 0 Å². The monoisotopic (exact) mass is 176 g/mol. The van der Waals surface area contributed by atoms with E-state index in [4.69, 9.17) is 14.6 Å². The Morgan fingerprint density at radius 1 is 1.42 bits per heavy atom. The first-order valence-corrected chi connectivity index (χ1v) is 4.02. The molecule has 72 valence electrons. The molecule has 0 aromatic carbocycles. The van der Waals surface area contributed by atoms with Gasteiger partial charge < -0.3 is 14.6 Å². The SMILES string of the molecule is CCOCC(C)(OCC)C(=O)O. The molecule has 0 heterocycles. The summed E-state index contributed by atoms with van der Waals surface area (Å²) < 4.78 is 10.1. The Hall–Kier alpha value is -0.610. The van der Waals surface area contributed by atoms with Crippen molar-refractivity contribution in [3.8, 4) is 0 Å². The van der Waals surface area contributed by atoms with Gasteiger partial charge >= 0.3 is 5.97 Å². The fourth-order valence-electron chi connectivity index (χ4n) is 0.781. The van der Waals surface area contributed by atoms with Crippen molar-refractivity contribution in [3.05, 3.63) is 0 Å². The second-order valence-corrected chi connectivity index (χ2v) is 2.61. The molecule has 0 saturated carbocycles. The first-order valence-electron chi connectivity index (χ1n) is 4.02. The molecule has 0 fully saturated rings. The summed E-state index contributed by atoms with van der Waals surface area (Å²) in [4.78, 5) is 10.7. The Morgan fingerprint density at radius 2 is 2.00 bits per heavy atom. The van der Waals surface area contributed by atoms with Crippen molar-refractivity contribution in [2.24, 2.45) is 0 Å². The Bertz CT molecular complexity index is 146. The van der Waals surface area contributed by atoms with Crippen LogP contribution in [0.4, 0.5) is 0 Å². The smallest absolute Gasteiger partial charge is 0.338 e. The van der Waals surface area contributed by atoms with Crippen LogP contribution in [-0.4, -0.2) is 36.5 Å². The van der Waals surface area contributed by atoms with Crippen LogP contribution in [0.15, 0.2) is 0 Å². The topological polar surface area (TPSA) is 55.8 Å². The Balaban J connectivity index is 4.08. The fraction of sp³-hybridized carbons (Fsp3) is 0.875. The summed E-state index contributed by atoms with van der Waals surface area (Å²) in [5.74, 6) is -0.988. The van der Waals surface area contributed by atoms with Gasteiger partial charge in [0.05, 0.1) is 6.61 Å². The minimum absolute atomic E-state index is 0.0900. The maximum Gasteiger partial charge on any atom is 0.338 e. The zero-order valence-electron chi connectivity index (χ0n) is 7.79. The summed E-state index contributed by atoms with van der Waals surface area (Å²) in [6.45, 7) is 6.04. The summed E-state index contributed by atoms with van der Waals surface area (Å²) in [5, 5.41) is 8.79. The van der Waals surface area contributed by atoms with Crippen LogP contribution in [0.2, 0.25) is 0 Å². The van der Waals surface area contributed by atoms with E-state index >= 15 is 0 Å². The van der Waals surface area contributed by atoms with E-state index in [0.29, 0.717) is 13.2 Å². The number of carboxylic acids is 1. The van der Waals surface area contributed by atoms with Crippen molar-refractivity contribution in [1.29, 1.82) is 0 Å². The maximum absolute atomic E-state index is 10.7. The molecule has 4 nitrogen and oxygen atoms in total. The molecule has 0 bridgehead atoms. The molecule has 1 N–H and O–H groups in total. The standard InChI is InChI=1S/C8H16O4/c1-4-11-6-8(3,7(9)10)12-5-2/h4-6H2,1-3H3,(H,9,10). The van der Waals surface area contributed by atoms with Crippen molar-refractivity contribution in [2.75, 3.05) is 19.8 Å². The molecule has 0 aliphatic heterocycles. The van der Waals surface area contributed by atoms with Gasteiger partial charge in [0.15, 0.2) is 5.60 Å². The van der Waals surface area contributed by atoms with E-state index in [1.807, 2.05) is 6.92 Å². The molecule has 0 aliphatic rings.